The fourth-order valence-electron chi connectivity index (χ4n) is 3.10. The van der Waals surface area contributed by atoms with Gasteiger partial charge in [-0.2, -0.15) is 0 Å². The molecule has 0 aliphatic rings. The summed E-state index contributed by atoms with van der Waals surface area (Å²) < 4.78 is 26.4. The SMILES string of the molecule is CCOc1ccc(C(C)(C)/C(F)=C/Cc2cccc(Oc3ccccc3)c2)cc1. The van der Waals surface area contributed by atoms with Gasteiger partial charge in [0, 0.05) is 5.41 Å². The molecule has 0 radical (unpaired) electrons. The number of ether oxygens (including phenoxy) is 2. The highest BCUT2D eigenvalue weighted by Crippen LogP contribution is 2.33. The predicted molar refractivity (Wildman–Crippen MR) is 116 cm³/mol. The molecule has 29 heavy (non-hydrogen) atoms. The first-order valence-electron chi connectivity index (χ1n) is 9.90. The van der Waals surface area contributed by atoms with E-state index in [0.717, 1.165) is 28.4 Å². The van der Waals surface area contributed by atoms with Gasteiger partial charge in [-0.25, -0.2) is 4.39 Å². The summed E-state index contributed by atoms with van der Waals surface area (Å²) in [5, 5.41) is 0. The van der Waals surface area contributed by atoms with Crippen LogP contribution in [0.2, 0.25) is 0 Å². The fourth-order valence-corrected chi connectivity index (χ4v) is 3.10. The van der Waals surface area contributed by atoms with E-state index in [9.17, 15) is 0 Å². The van der Waals surface area contributed by atoms with Gasteiger partial charge >= 0.3 is 0 Å². The summed E-state index contributed by atoms with van der Waals surface area (Å²) in [6.45, 7) is 6.34. The molecule has 0 amide bonds. The number of halogens is 1. The Morgan fingerprint density at radius 1 is 0.862 bits per heavy atom. The van der Waals surface area contributed by atoms with Gasteiger partial charge in [0.15, 0.2) is 0 Å². The molecule has 2 nitrogen and oxygen atoms in total. The van der Waals surface area contributed by atoms with Gasteiger partial charge in [-0.15, -0.1) is 0 Å². The van der Waals surface area contributed by atoms with Gasteiger partial charge in [0.1, 0.15) is 23.1 Å². The van der Waals surface area contributed by atoms with Crippen LogP contribution in [0.25, 0.3) is 0 Å². The normalized spacial score (nSPS) is 11.9. The summed E-state index contributed by atoms with van der Waals surface area (Å²) in [5.41, 5.74) is 1.20. The van der Waals surface area contributed by atoms with E-state index in [1.165, 1.54) is 0 Å². The minimum atomic E-state index is -0.705. The number of rotatable bonds is 8. The molecule has 0 atom stereocenters. The largest absolute Gasteiger partial charge is 0.494 e. The van der Waals surface area contributed by atoms with Gasteiger partial charge in [0.05, 0.1) is 6.61 Å². The molecule has 3 rings (SSSR count). The molecular formula is C26H27FO2. The summed E-state index contributed by atoms with van der Waals surface area (Å²) >= 11 is 0. The molecule has 150 valence electrons. The quantitative estimate of drug-likeness (QED) is 0.403. The minimum absolute atomic E-state index is 0.156. The third-order valence-electron chi connectivity index (χ3n) is 4.88. The number of hydrogen-bond donors (Lipinski definition) is 0. The molecule has 0 heterocycles. The third-order valence-corrected chi connectivity index (χ3v) is 4.88. The Morgan fingerprint density at radius 3 is 2.24 bits per heavy atom. The zero-order valence-corrected chi connectivity index (χ0v) is 17.2. The number of benzene rings is 3. The van der Waals surface area contributed by atoms with Crippen LogP contribution in [0.15, 0.2) is 90.8 Å². The van der Waals surface area contributed by atoms with Crippen LogP contribution in [0.4, 0.5) is 4.39 Å². The third kappa shape index (κ3) is 5.47. The van der Waals surface area contributed by atoms with E-state index in [0.29, 0.717) is 13.0 Å². The van der Waals surface area contributed by atoms with Crippen LogP contribution >= 0.6 is 0 Å². The second-order valence-corrected chi connectivity index (χ2v) is 7.40. The highest BCUT2D eigenvalue weighted by molar-refractivity contribution is 5.38. The molecule has 0 aromatic heterocycles. The standard InChI is InChI=1S/C26H27FO2/c1-4-28-22-16-14-21(15-17-22)26(2,3)25(27)18-13-20-9-8-12-24(19-20)29-23-10-6-5-7-11-23/h5-12,14-19H,4,13H2,1-3H3/b25-18-. The lowest BCUT2D eigenvalue weighted by Crippen LogP contribution is -2.18. The molecule has 0 aliphatic heterocycles. The van der Waals surface area contributed by atoms with Crippen molar-refractivity contribution in [1.29, 1.82) is 0 Å². The van der Waals surface area contributed by atoms with Gasteiger partial charge in [-0.05, 0) is 80.8 Å². The first-order chi connectivity index (χ1) is 14.0. The van der Waals surface area contributed by atoms with E-state index in [1.807, 2.05) is 99.6 Å². The molecule has 0 fully saturated rings. The van der Waals surface area contributed by atoms with Crippen LogP contribution in [-0.4, -0.2) is 6.61 Å². The summed E-state index contributed by atoms with van der Waals surface area (Å²) in [7, 11) is 0. The molecule has 0 spiro atoms. The van der Waals surface area contributed by atoms with E-state index in [4.69, 9.17) is 9.47 Å². The highest BCUT2D eigenvalue weighted by Gasteiger charge is 2.26. The van der Waals surface area contributed by atoms with E-state index < -0.39 is 5.41 Å². The lowest BCUT2D eigenvalue weighted by atomic mass is 9.82. The Labute approximate surface area is 172 Å². The fraction of sp³-hybridized carbons (Fsp3) is 0.231. The highest BCUT2D eigenvalue weighted by atomic mass is 19.1. The van der Waals surface area contributed by atoms with Crippen LogP contribution in [0, 0.1) is 0 Å². The Balaban J connectivity index is 1.70. The van der Waals surface area contributed by atoms with Crippen molar-refractivity contribution in [3.63, 3.8) is 0 Å². The predicted octanol–water partition coefficient (Wildman–Crippen LogP) is 7.25. The molecule has 0 bridgehead atoms. The molecule has 0 unspecified atom stereocenters. The van der Waals surface area contributed by atoms with Gasteiger partial charge in [0.25, 0.3) is 0 Å². The van der Waals surface area contributed by atoms with Gasteiger partial charge in [0.2, 0.25) is 0 Å². The first-order valence-corrected chi connectivity index (χ1v) is 9.90. The molecule has 0 saturated heterocycles. The smallest absolute Gasteiger partial charge is 0.127 e. The lowest BCUT2D eigenvalue weighted by Gasteiger charge is -2.24. The van der Waals surface area contributed by atoms with Crippen LogP contribution in [0.1, 0.15) is 31.9 Å². The van der Waals surface area contributed by atoms with Crippen LogP contribution in [0.3, 0.4) is 0 Å². The molecule has 0 saturated carbocycles. The summed E-state index contributed by atoms with van der Waals surface area (Å²) in [4.78, 5) is 0. The van der Waals surface area contributed by atoms with Gasteiger partial charge in [-0.3, -0.25) is 0 Å². The number of allylic oxidation sites excluding steroid dienone is 2. The van der Waals surface area contributed by atoms with Crippen molar-refractivity contribution in [2.45, 2.75) is 32.6 Å². The Bertz CT molecular complexity index is 944. The molecule has 3 aromatic carbocycles. The molecule has 3 aromatic rings. The zero-order valence-electron chi connectivity index (χ0n) is 17.2. The monoisotopic (exact) mass is 390 g/mol. The second kappa shape index (κ2) is 9.42. The topological polar surface area (TPSA) is 18.5 Å². The average molecular weight is 390 g/mol. The van der Waals surface area contributed by atoms with Crippen molar-refractivity contribution in [3.05, 3.63) is 102 Å². The molecular weight excluding hydrogens is 363 g/mol. The van der Waals surface area contributed by atoms with E-state index in [-0.39, 0.29) is 5.83 Å². The molecule has 3 heteroatoms. The average Bonchev–Trinajstić information content (AvgIpc) is 2.73. The van der Waals surface area contributed by atoms with E-state index in [2.05, 4.69) is 0 Å². The molecule has 0 aliphatic carbocycles. The maximum absolute atomic E-state index is 15.0. The maximum atomic E-state index is 15.0. The minimum Gasteiger partial charge on any atom is -0.494 e. The lowest BCUT2D eigenvalue weighted by molar-refractivity contribution is 0.340. The van der Waals surface area contributed by atoms with Crippen LogP contribution < -0.4 is 9.47 Å². The Hall–Kier alpha value is -3.07. The first kappa shape index (κ1) is 20.7. The maximum Gasteiger partial charge on any atom is 0.127 e. The summed E-state index contributed by atoms with van der Waals surface area (Å²) in [5.74, 6) is 2.17. The van der Waals surface area contributed by atoms with Crippen molar-refractivity contribution >= 4 is 0 Å². The Kier molecular flexibility index (Phi) is 6.71. The van der Waals surface area contributed by atoms with E-state index in [1.54, 1.807) is 6.08 Å². The van der Waals surface area contributed by atoms with Crippen molar-refractivity contribution in [1.82, 2.24) is 0 Å². The van der Waals surface area contributed by atoms with Crippen molar-refractivity contribution < 1.29 is 13.9 Å². The summed E-state index contributed by atoms with van der Waals surface area (Å²) in [6.07, 6.45) is 2.15. The second-order valence-electron chi connectivity index (χ2n) is 7.40. The van der Waals surface area contributed by atoms with Crippen molar-refractivity contribution in [2.24, 2.45) is 0 Å². The molecule has 0 N–H and O–H groups in total. The number of para-hydroxylation sites is 1. The van der Waals surface area contributed by atoms with Crippen molar-refractivity contribution in [3.8, 4) is 17.2 Å². The van der Waals surface area contributed by atoms with Crippen LogP contribution in [-0.2, 0) is 11.8 Å². The van der Waals surface area contributed by atoms with Crippen molar-refractivity contribution in [2.75, 3.05) is 6.61 Å². The van der Waals surface area contributed by atoms with Gasteiger partial charge < -0.3 is 9.47 Å². The number of hydrogen-bond acceptors (Lipinski definition) is 2. The van der Waals surface area contributed by atoms with E-state index >= 15 is 4.39 Å². The van der Waals surface area contributed by atoms with Gasteiger partial charge in [-0.1, -0.05) is 42.5 Å². The summed E-state index contributed by atoms with van der Waals surface area (Å²) in [6, 6.07) is 25.0. The zero-order chi connectivity index (χ0) is 20.7. The van der Waals surface area contributed by atoms with Crippen LogP contribution in [0.5, 0.6) is 17.2 Å². The Morgan fingerprint density at radius 2 is 1.55 bits per heavy atom.